The lowest BCUT2D eigenvalue weighted by Gasteiger charge is -2.15. The SMILES string of the molecule is COCCNC(=O)CC(c1ccsc1)c1cn(C)c2ccccc12. The number of ether oxygens (including phenoxy) is 1. The second-order valence-corrected chi connectivity index (χ2v) is 6.65. The molecule has 5 heteroatoms. The van der Waals surface area contributed by atoms with Crippen LogP contribution in [0.1, 0.15) is 23.5 Å². The fourth-order valence-electron chi connectivity index (χ4n) is 3.08. The molecule has 1 amide bonds. The van der Waals surface area contributed by atoms with Gasteiger partial charge in [-0.3, -0.25) is 4.79 Å². The average Bonchev–Trinajstić information content (AvgIpc) is 3.22. The Hall–Kier alpha value is -2.11. The van der Waals surface area contributed by atoms with Crippen LogP contribution in [-0.2, 0) is 16.6 Å². The molecule has 0 aliphatic heterocycles. The molecule has 0 bridgehead atoms. The summed E-state index contributed by atoms with van der Waals surface area (Å²) in [4.78, 5) is 12.4. The number of nitrogens with one attached hydrogen (secondary N) is 1. The van der Waals surface area contributed by atoms with Crippen molar-refractivity contribution in [1.29, 1.82) is 0 Å². The zero-order valence-electron chi connectivity index (χ0n) is 14.0. The third kappa shape index (κ3) is 3.52. The monoisotopic (exact) mass is 342 g/mol. The van der Waals surface area contributed by atoms with Gasteiger partial charge in [-0.05, 0) is 34.0 Å². The number of hydrogen-bond donors (Lipinski definition) is 1. The molecule has 0 fully saturated rings. The van der Waals surface area contributed by atoms with E-state index in [0.29, 0.717) is 19.6 Å². The molecule has 3 aromatic rings. The number of amides is 1. The Morgan fingerprint density at radius 3 is 2.92 bits per heavy atom. The predicted molar refractivity (Wildman–Crippen MR) is 98.6 cm³/mol. The van der Waals surface area contributed by atoms with E-state index in [9.17, 15) is 4.79 Å². The third-order valence-electron chi connectivity index (χ3n) is 4.27. The molecule has 1 unspecified atom stereocenters. The van der Waals surface area contributed by atoms with Crippen molar-refractivity contribution in [2.75, 3.05) is 20.3 Å². The zero-order chi connectivity index (χ0) is 16.9. The molecule has 0 aliphatic carbocycles. The minimum absolute atomic E-state index is 0.0520. The summed E-state index contributed by atoms with van der Waals surface area (Å²) in [6, 6.07) is 10.5. The van der Waals surface area contributed by atoms with Gasteiger partial charge in [0.25, 0.3) is 0 Å². The average molecular weight is 342 g/mol. The summed E-state index contributed by atoms with van der Waals surface area (Å²) in [5.41, 5.74) is 3.58. The van der Waals surface area contributed by atoms with Crippen LogP contribution >= 0.6 is 11.3 Å². The predicted octanol–water partition coefficient (Wildman–Crippen LogP) is 3.52. The van der Waals surface area contributed by atoms with Gasteiger partial charge in [-0.2, -0.15) is 11.3 Å². The summed E-state index contributed by atoms with van der Waals surface area (Å²) in [5, 5.41) is 8.34. The van der Waals surface area contributed by atoms with Gasteiger partial charge in [0.1, 0.15) is 0 Å². The van der Waals surface area contributed by atoms with E-state index in [1.165, 1.54) is 22.0 Å². The summed E-state index contributed by atoms with van der Waals surface area (Å²) in [5.74, 6) is 0.112. The van der Waals surface area contributed by atoms with Gasteiger partial charge >= 0.3 is 0 Å². The van der Waals surface area contributed by atoms with Gasteiger partial charge in [0, 0.05) is 50.1 Å². The molecule has 0 radical (unpaired) electrons. The maximum Gasteiger partial charge on any atom is 0.221 e. The first-order valence-corrected chi connectivity index (χ1v) is 8.96. The number of thiophene rings is 1. The molecule has 2 aromatic heterocycles. The van der Waals surface area contributed by atoms with E-state index >= 15 is 0 Å². The molecular weight excluding hydrogens is 320 g/mol. The molecule has 4 nitrogen and oxygen atoms in total. The molecule has 1 atom stereocenters. The molecule has 0 aliphatic rings. The van der Waals surface area contributed by atoms with Crippen LogP contribution in [-0.4, -0.2) is 30.7 Å². The lowest BCUT2D eigenvalue weighted by molar-refractivity contribution is -0.121. The Balaban J connectivity index is 1.92. The Morgan fingerprint density at radius 2 is 2.17 bits per heavy atom. The number of benzene rings is 1. The Bertz CT molecular complexity index is 808. The summed E-state index contributed by atoms with van der Waals surface area (Å²) < 4.78 is 7.13. The quantitative estimate of drug-likeness (QED) is 0.668. The fourth-order valence-corrected chi connectivity index (χ4v) is 3.80. The molecule has 0 saturated heterocycles. The number of nitrogens with zero attached hydrogens (tertiary/aromatic N) is 1. The van der Waals surface area contributed by atoms with Gasteiger partial charge in [-0.1, -0.05) is 18.2 Å². The van der Waals surface area contributed by atoms with Crippen molar-refractivity contribution in [2.24, 2.45) is 7.05 Å². The van der Waals surface area contributed by atoms with Crippen molar-refractivity contribution in [1.82, 2.24) is 9.88 Å². The number of methoxy groups -OCH3 is 1. The molecular formula is C19H22N2O2S. The van der Waals surface area contributed by atoms with E-state index in [0.717, 1.165) is 0 Å². The van der Waals surface area contributed by atoms with Crippen molar-refractivity contribution in [3.05, 3.63) is 58.4 Å². The fraction of sp³-hybridized carbons (Fsp3) is 0.316. The summed E-state index contributed by atoms with van der Waals surface area (Å²) >= 11 is 1.66. The smallest absolute Gasteiger partial charge is 0.221 e. The third-order valence-corrected chi connectivity index (χ3v) is 4.97. The number of fused-ring (bicyclic) bond motifs is 1. The van der Waals surface area contributed by atoms with Crippen LogP contribution in [0, 0.1) is 0 Å². The number of aromatic nitrogens is 1. The van der Waals surface area contributed by atoms with E-state index in [1.54, 1.807) is 18.4 Å². The van der Waals surface area contributed by atoms with E-state index < -0.39 is 0 Å². The Labute approximate surface area is 146 Å². The first kappa shape index (κ1) is 16.7. The summed E-state index contributed by atoms with van der Waals surface area (Å²) in [7, 11) is 3.69. The number of hydrogen-bond acceptors (Lipinski definition) is 3. The second-order valence-electron chi connectivity index (χ2n) is 5.87. The number of carbonyl (C=O) groups excluding carboxylic acids is 1. The second kappa shape index (κ2) is 7.64. The highest BCUT2D eigenvalue weighted by molar-refractivity contribution is 7.08. The topological polar surface area (TPSA) is 43.3 Å². The number of carbonyl (C=O) groups is 1. The van der Waals surface area contributed by atoms with Crippen LogP contribution in [0.25, 0.3) is 10.9 Å². The Morgan fingerprint density at radius 1 is 1.33 bits per heavy atom. The molecule has 24 heavy (non-hydrogen) atoms. The molecule has 0 spiro atoms. The normalized spacial score (nSPS) is 12.4. The summed E-state index contributed by atoms with van der Waals surface area (Å²) in [6.07, 6.45) is 2.59. The minimum atomic E-state index is 0.0520. The van der Waals surface area contributed by atoms with Gasteiger partial charge in [0.2, 0.25) is 5.91 Å². The van der Waals surface area contributed by atoms with Gasteiger partial charge in [-0.15, -0.1) is 0 Å². The van der Waals surface area contributed by atoms with Crippen LogP contribution in [0.5, 0.6) is 0 Å². The highest BCUT2D eigenvalue weighted by Gasteiger charge is 2.22. The standard InChI is InChI=1S/C19H22N2O2S/c1-21-12-17(15-5-3-4-6-18(15)21)16(14-7-10-24-13-14)11-19(22)20-8-9-23-2/h3-7,10,12-13,16H,8-9,11H2,1-2H3,(H,20,22). The molecule has 126 valence electrons. The van der Waals surface area contributed by atoms with Gasteiger partial charge in [0.05, 0.1) is 6.61 Å². The molecule has 2 heterocycles. The highest BCUT2D eigenvalue weighted by Crippen LogP contribution is 2.35. The minimum Gasteiger partial charge on any atom is -0.383 e. The lowest BCUT2D eigenvalue weighted by atomic mass is 9.89. The molecule has 3 rings (SSSR count). The van der Waals surface area contributed by atoms with Crippen LogP contribution < -0.4 is 5.32 Å². The van der Waals surface area contributed by atoms with E-state index in [1.807, 2.05) is 6.07 Å². The summed E-state index contributed by atoms with van der Waals surface area (Å²) in [6.45, 7) is 1.07. The zero-order valence-corrected chi connectivity index (χ0v) is 14.8. The van der Waals surface area contributed by atoms with E-state index in [2.05, 4.69) is 58.2 Å². The maximum absolute atomic E-state index is 12.4. The van der Waals surface area contributed by atoms with Crippen molar-refractivity contribution < 1.29 is 9.53 Å². The Kier molecular flexibility index (Phi) is 5.33. The van der Waals surface area contributed by atoms with E-state index in [4.69, 9.17) is 4.74 Å². The molecule has 1 aromatic carbocycles. The number of rotatable bonds is 7. The van der Waals surface area contributed by atoms with Crippen LogP contribution in [0.4, 0.5) is 0 Å². The largest absolute Gasteiger partial charge is 0.383 e. The van der Waals surface area contributed by atoms with Crippen molar-refractivity contribution >= 4 is 28.1 Å². The number of para-hydroxylation sites is 1. The molecule has 0 saturated carbocycles. The lowest BCUT2D eigenvalue weighted by Crippen LogP contribution is -2.28. The van der Waals surface area contributed by atoms with E-state index in [-0.39, 0.29) is 11.8 Å². The van der Waals surface area contributed by atoms with Gasteiger partial charge in [0.15, 0.2) is 0 Å². The van der Waals surface area contributed by atoms with Crippen LogP contribution in [0.15, 0.2) is 47.3 Å². The first-order valence-electron chi connectivity index (χ1n) is 8.02. The van der Waals surface area contributed by atoms with Crippen molar-refractivity contribution in [3.8, 4) is 0 Å². The van der Waals surface area contributed by atoms with Crippen molar-refractivity contribution in [2.45, 2.75) is 12.3 Å². The van der Waals surface area contributed by atoms with Gasteiger partial charge in [-0.25, -0.2) is 0 Å². The van der Waals surface area contributed by atoms with Gasteiger partial charge < -0.3 is 14.6 Å². The molecule has 1 N–H and O–H groups in total. The van der Waals surface area contributed by atoms with Crippen LogP contribution in [0.3, 0.4) is 0 Å². The van der Waals surface area contributed by atoms with Crippen molar-refractivity contribution in [3.63, 3.8) is 0 Å². The maximum atomic E-state index is 12.4. The highest BCUT2D eigenvalue weighted by atomic mass is 32.1. The first-order chi connectivity index (χ1) is 11.7. The number of aryl methyl sites for hydroxylation is 1. The van der Waals surface area contributed by atoms with Crippen LogP contribution in [0.2, 0.25) is 0 Å².